The first-order valence-electron chi connectivity index (χ1n) is 3.67. The molecule has 0 atom stereocenters. The molecule has 0 radical (unpaired) electrons. The van der Waals surface area contributed by atoms with E-state index in [2.05, 4.69) is 0 Å². The summed E-state index contributed by atoms with van der Waals surface area (Å²) in [4.78, 5) is 0. The minimum Gasteiger partial charge on any atom is -0.220 e. The standard InChI is InChI=1S/C4H9NP2S6/c8-6(10-1-2-11-6)5-7(9)12-3-4-13-7/h8H,1-4H2. The molecular weight excluding hydrogens is 316 g/mol. The third-order valence-corrected chi connectivity index (χ3v) is 24.5. The van der Waals surface area contributed by atoms with E-state index in [9.17, 15) is 0 Å². The van der Waals surface area contributed by atoms with Gasteiger partial charge in [-0.05, 0) is 11.8 Å². The van der Waals surface area contributed by atoms with Crippen LogP contribution in [0.3, 0.4) is 0 Å². The molecule has 1 nitrogen and oxygen atoms in total. The molecule has 76 valence electrons. The molecule has 0 aromatic rings. The van der Waals surface area contributed by atoms with Gasteiger partial charge in [0.15, 0.2) is 4.59 Å². The van der Waals surface area contributed by atoms with Gasteiger partial charge >= 0.3 is 0 Å². The smallest absolute Gasteiger partial charge is 0.162 e. The molecule has 2 fully saturated rings. The van der Waals surface area contributed by atoms with Crippen molar-refractivity contribution in [2.75, 3.05) is 23.0 Å². The van der Waals surface area contributed by atoms with E-state index in [1.807, 2.05) is 45.5 Å². The summed E-state index contributed by atoms with van der Waals surface area (Å²) in [5.74, 6) is 4.79. The van der Waals surface area contributed by atoms with E-state index in [4.69, 9.17) is 28.6 Å². The highest BCUT2D eigenvalue weighted by atomic mass is 33.4. The van der Waals surface area contributed by atoms with E-state index in [1.165, 1.54) is 23.0 Å². The number of hydrogen-bond acceptors (Lipinski definition) is 5. The maximum atomic E-state index is 5.60. The second-order valence-electron chi connectivity index (χ2n) is 2.38. The molecule has 13 heavy (non-hydrogen) atoms. The van der Waals surface area contributed by atoms with E-state index in [0.29, 0.717) is 0 Å². The average Bonchev–Trinajstić information content (AvgIpc) is 2.60. The summed E-state index contributed by atoms with van der Waals surface area (Å²) < 4.78 is 2.05. The fourth-order valence-corrected chi connectivity index (χ4v) is 29.8. The Hall–Kier alpha value is 2.63. The van der Waals surface area contributed by atoms with Crippen LogP contribution in [0.25, 0.3) is 0 Å². The lowest BCUT2D eigenvalue weighted by atomic mass is 11.0. The third-order valence-electron chi connectivity index (χ3n) is 1.42. The Labute approximate surface area is 105 Å². The van der Waals surface area contributed by atoms with E-state index in [0.717, 1.165) is 0 Å². The number of hydrogen-bond donors (Lipinski definition) is 1. The van der Waals surface area contributed by atoms with Crippen LogP contribution in [-0.2, 0) is 11.8 Å². The monoisotopic (exact) mass is 325 g/mol. The molecule has 0 unspecified atom stereocenters. The van der Waals surface area contributed by atoms with Gasteiger partial charge in [0.05, 0.1) is 0 Å². The lowest BCUT2D eigenvalue weighted by molar-refractivity contribution is 1.59. The zero-order valence-corrected chi connectivity index (χ0v) is 13.4. The molecule has 0 saturated carbocycles. The average molecular weight is 325 g/mol. The van der Waals surface area contributed by atoms with Gasteiger partial charge in [-0.25, -0.2) is 4.52 Å². The minimum atomic E-state index is -1.46. The zero-order valence-electron chi connectivity index (χ0n) is 6.66. The fraction of sp³-hybridized carbons (Fsp3) is 1.00. The first kappa shape index (κ1) is 12.1. The topological polar surface area (TPSA) is 12.4 Å². The zero-order chi connectivity index (χ0) is 9.36. The van der Waals surface area contributed by atoms with E-state index in [1.54, 1.807) is 0 Å². The van der Waals surface area contributed by atoms with Crippen molar-refractivity contribution in [3.8, 4) is 0 Å². The van der Waals surface area contributed by atoms with Crippen molar-refractivity contribution in [1.29, 1.82) is 0 Å². The quantitative estimate of drug-likeness (QED) is 0.533. The Morgan fingerprint density at radius 2 is 1.46 bits per heavy atom. The Balaban J connectivity index is 2.22. The molecule has 2 aliphatic heterocycles. The Kier molecular flexibility index (Phi) is 4.53. The number of rotatable bonds is 1. The van der Waals surface area contributed by atoms with Crippen LogP contribution in [0.4, 0.5) is 0 Å². The van der Waals surface area contributed by atoms with E-state index >= 15 is 0 Å². The van der Waals surface area contributed by atoms with Crippen molar-refractivity contribution < 1.29 is 0 Å². The van der Waals surface area contributed by atoms with Crippen molar-refractivity contribution in [3.05, 3.63) is 0 Å². The van der Waals surface area contributed by atoms with Crippen LogP contribution in [0.15, 0.2) is 4.52 Å². The molecule has 2 rings (SSSR count). The molecule has 0 amide bonds. The van der Waals surface area contributed by atoms with E-state index < -0.39 is 9.25 Å². The van der Waals surface area contributed by atoms with Gasteiger partial charge in [-0.1, -0.05) is 45.5 Å². The van der Waals surface area contributed by atoms with Gasteiger partial charge in [0.2, 0.25) is 0 Å². The highest BCUT2D eigenvalue weighted by Gasteiger charge is 2.30. The van der Waals surface area contributed by atoms with Gasteiger partial charge in [-0.15, -0.1) is 12.2 Å². The largest absolute Gasteiger partial charge is 0.220 e. The molecule has 2 aliphatic rings. The second kappa shape index (κ2) is 4.87. The predicted molar refractivity (Wildman–Crippen MR) is 82.5 cm³/mol. The third kappa shape index (κ3) is 3.29. The van der Waals surface area contributed by atoms with Crippen LogP contribution in [0.1, 0.15) is 0 Å². The van der Waals surface area contributed by atoms with Crippen molar-refractivity contribution in [2.24, 2.45) is 4.52 Å². The van der Waals surface area contributed by atoms with Crippen molar-refractivity contribution >= 4 is 78.8 Å². The summed E-state index contributed by atoms with van der Waals surface area (Å²) in [6, 6.07) is 0. The van der Waals surface area contributed by atoms with Crippen molar-refractivity contribution in [3.63, 3.8) is 0 Å². The van der Waals surface area contributed by atoms with E-state index in [-0.39, 0.29) is 0 Å². The highest BCUT2D eigenvalue weighted by Crippen LogP contribution is 2.88. The van der Waals surface area contributed by atoms with Gasteiger partial charge in [0.1, 0.15) is 4.66 Å². The Bertz CT molecular complexity index is 283. The molecule has 0 aliphatic carbocycles. The van der Waals surface area contributed by atoms with Crippen molar-refractivity contribution in [2.45, 2.75) is 0 Å². The lowest BCUT2D eigenvalue weighted by Crippen LogP contribution is -1.64. The lowest BCUT2D eigenvalue weighted by Gasteiger charge is -2.14. The second-order valence-corrected chi connectivity index (χ2v) is 24.8. The molecule has 0 aromatic heterocycles. The fourth-order valence-electron chi connectivity index (χ4n) is 0.934. The first-order chi connectivity index (χ1) is 6.12. The molecule has 9 heteroatoms. The summed E-state index contributed by atoms with van der Waals surface area (Å²) in [6.07, 6.45) is 0. The van der Waals surface area contributed by atoms with Gasteiger partial charge < -0.3 is 0 Å². The van der Waals surface area contributed by atoms with Crippen molar-refractivity contribution in [1.82, 2.24) is 0 Å². The van der Waals surface area contributed by atoms with Gasteiger partial charge in [-0.3, -0.25) is 0 Å². The molecule has 2 heterocycles. The molecule has 0 aromatic carbocycles. The summed E-state index contributed by atoms with van der Waals surface area (Å²) >= 11 is 18.0. The minimum absolute atomic E-state index is 1.19. The summed E-state index contributed by atoms with van der Waals surface area (Å²) in [6.45, 7) is 0. The maximum absolute atomic E-state index is 5.60. The van der Waals surface area contributed by atoms with Gasteiger partial charge in [0.25, 0.3) is 0 Å². The maximum Gasteiger partial charge on any atom is 0.162 e. The van der Waals surface area contributed by atoms with Crippen LogP contribution >= 0.6 is 67.0 Å². The normalized spacial score (nSPS) is 30.5. The van der Waals surface area contributed by atoms with Crippen LogP contribution in [-0.4, -0.2) is 23.0 Å². The summed E-state index contributed by atoms with van der Waals surface area (Å²) in [5.41, 5.74) is 0. The molecule has 0 bridgehead atoms. The van der Waals surface area contributed by atoms with Crippen LogP contribution < -0.4 is 0 Å². The number of nitrogens with zero attached hydrogens (tertiary/aromatic N) is 1. The highest BCUT2D eigenvalue weighted by molar-refractivity contribution is 9.15. The predicted octanol–water partition coefficient (Wildman–Crippen LogP) is 5.05. The molecule has 0 N–H and O–H groups in total. The molecular formula is C4H9NP2S6. The number of thiol groups is 1. The SMILES string of the molecule is S=P1(N=P2(S)SCCS2)SCCS1. The molecule has 2 saturated heterocycles. The first-order valence-corrected chi connectivity index (χ1v) is 15.7. The van der Waals surface area contributed by atoms with Gasteiger partial charge in [0, 0.05) is 23.0 Å². The van der Waals surface area contributed by atoms with Crippen LogP contribution in [0.5, 0.6) is 0 Å². The van der Waals surface area contributed by atoms with Gasteiger partial charge in [-0.2, -0.15) is 0 Å². The summed E-state index contributed by atoms with van der Waals surface area (Å²) in [5, 5.41) is 0. The Morgan fingerprint density at radius 1 is 1.00 bits per heavy atom. The van der Waals surface area contributed by atoms with Crippen LogP contribution in [0, 0.1) is 0 Å². The Morgan fingerprint density at radius 3 is 2.00 bits per heavy atom. The molecule has 0 spiro atoms. The van der Waals surface area contributed by atoms with Crippen LogP contribution in [0.2, 0.25) is 0 Å². The summed E-state index contributed by atoms with van der Waals surface area (Å²) in [7, 11) is 0.